The zero-order chi connectivity index (χ0) is 23.3. The van der Waals surface area contributed by atoms with Gasteiger partial charge < -0.3 is 19.5 Å². The molecule has 3 heterocycles. The Morgan fingerprint density at radius 2 is 1.85 bits per heavy atom. The van der Waals surface area contributed by atoms with Crippen molar-refractivity contribution in [2.45, 2.75) is 38.6 Å². The maximum Gasteiger partial charge on any atom is 0.254 e. The lowest BCUT2D eigenvalue weighted by atomic mass is 9.76. The minimum Gasteiger partial charge on any atom is -0.496 e. The third-order valence-corrected chi connectivity index (χ3v) is 7.31. The highest BCUT2D eigenvalue weighted by atomic mass is 16.5. The minimum atomic E-state index is -1.06. The van der Waals surface area contributed by atoms with Crippen LogP contribution in [0.2, 0.25) is 0 Å². The van der Waals surface area contributed by atoms with Crippen molar-refractivity contribution >= 4 is 22.7 Å². The number of methoxy groups -OCH3 is 1. The van der Waals surface area contributed by atoms with E-state index in [1.807, 2.05) is 43.3 Å². The monoisotopic (exact) mass is 445 g/mol. The first-order valence-corrected chi connectivity index (χ1v) is 11.7. The average Bonchev–Trinajstić information content (AvgIpc) is 3.21. The summed E-state index contributed by atoms with van der Waals surface area (Å²) in [6.07, 6.45) is 0.874. The fourth-order valence-corrected chi connectivity index (χ4v) is 5.51. The summed E-state index contributed by atoms with van der Waals surface area (Å²) in [6, 6.07) is 16.1. The predicted octanol–water partition coefficient (Wildman–Crippen LogP) is 4.25. The number of ether oxygens (including phenoxy) is 1. The molecule has 6 nitrogen and oxygen atoms in total. The topological polar surface area (TPSA) is 65.6 Å². The number of para-hydroxylation sites is 2. The number of carbonyl (C=O) groups is 2. The van der Waals surface area contributed by atoms with Crippen molar-refractivity contribution in [1.82, 2.24) is 14.8 Å². The number of carbonyl (C=O) groups excluding carboxylic acids is 2. The number of aromatic amines is 1. The van der Waals surface area contributed by atoms with Crippen LogP contribution in [0.25, 0.3) is 10.9 Å². The van der Waals surface area contributed by atoms with Crippen LogP contribution in [0.4, 0.5) is 0 Å². The molecule has 1 fully saturated rings. The Bertz CT molecular complexity index is 1230. The van der Waals surface area contributed by atoms with E-state index in [4.69, 9.17) is 4.74 Å². The van der Waals surface area contributed by atoms with Crippen LogP contribution in [0, 0.1) is 5.92 Å². The molecule has 1 N–H and O–H groups in total. The van der Waals surface area contributed by atoms with Gasteiger partial charge >= 0.3 is 0 Å². The molecule has 0 radical (unpaired) electrons. The number of piperazine rings is 1. The van der Waals surface area contributed by atoms with E-state index in [1.165, 1.54) is 0 Å². The second-order valence-electron chi connectivity index (χ2n) is 9.74. The number of fused-ring (bicyclic) bond motifs is 5. The molecule has 2 aliphatic heterocycles. The first-order valence-electron chi connectivity index (χ1n) is 11.7. The van der Waals surface area contributed by atoms with Crippen molar-refractivity contribution in [2.75, 3.05) is 26.7 Å². The van der Waals surface area contributed by atoms with Gasteiger partial charge in [-0.3, -0.25) is 9.59 Å². The van der Waals surface area contributed by atoms with E-state index in [1.54, 1.807) is 16.9 Å². The molecule has 2 aromatic carbocycles. The van der Waals surface area contributed by atoms with E-state index in [0.29, 0.717) is 19.0 Å². The molecular formula is C27H31N3O3. The Balaban J connectivity index is 1.71. The zero-order valence-electron chi connectivity index (χ0n) is 19.7. The number of hydrogen-bond donors (Lipinski definition) is 1. The number of nitrogens with zero attached hydrogens (tertiary/aromatic N) is 2. The summed E-state index contributed by atoms with van der Waals surface area (Å²) < 4.78 is 5.69. The zero-order valence-corrected chi connectivity index (χ0v) is 19.7. The predicted molar refractivity (Wildman–Crippen MR) is 128 cm³/mol. The van der Waals surface area contributed by atoms with E-state index in [0.717, 1.165) is 39.9 Å². The number of amides is 2. The van der Waals surface area contributed by atoms with Gasteiger partial charge in [0.2, 0.25) is 5.91 Å². The third kappa shape index (κ3) is 3.23. The number of H-pyrrole nitrogens is 1. The fourth-order valence-electron chi connectivity index (χ4n) is 5.51. The van der Waals surface area contributed by atoms with Gasteiger partial charge in [-0.1, -0.05) is 50.2 Å². The highest BCUT2D eigenvalue weighted by molar-refractivity contribution is 6.01. The quantitative estimate of drug-likeness (QED) is 0.638. The van der Waals surface area contributed by atoms with Gasteiger partial charge in [-0.25, -0.2) is 0 Å². The summed E-state index contributed by atoms with van der Waals surface area (Å²) in [5.41, 5.74) is 2.85. The van der Waals surface area contributed by atoms with Crippen molar-refractivity contribution in [1.29, 1.82) is 0 Å². The molecule has 0 spiro atoms. The van der Waals surface area contributed by atoms with Crippen molar-refractivity contribution < 1.29 is 14.3 Å². The van der Waals surface area contributed by atoms with Crippen LogP contribution < -0.4 is 4.74 Å². The molecule has 172 valence electrons. The van der Waals surface area contributed by atoms with Crippen LogP contribution in [0.15, 0.2) is 48.5 Å². The van der Waals surface area contributed by atoms with Gasteiger partial charge in [0.15, 0.2) is 5.54 Å². The first-order chi connectivity index (χ1) is 15.9. The average molecular weight is 446 g/mol. The van der Waals surface area contributed by atoms with Crippen molar-refractivity contribution in [2.24, 2.45) is 5.92 Å². The summed E-state index contributed by atoms with van der Waals surface area (Å²) in [5.74, 6) is 1.14. The molecule has 2 amide bonds. The molecule has 2 atom stereocenters. The number of nitrogens with one attached hydrogen (secondary N) is 1. The Morgan fingerprint density at radius 3 is 2.61 bits per heavy atom. The SMILES string of the molecule is COc1ccccc1[C@H]1CN2C(=O)CN(CCC(C)C)C(=O)[C@]2(C)c2[nH]c3ccccc3c21. The van der Waals surface area contributed by atoms with E-state index in [9.17, 15) is 9.59 Å². The number of benzene rings is 2. The number of rotatable bonds is 5. The lowest BCUT2D eigenvalue weighted by Gasteiger charge is -2.51. The highest BCUT2D eigenvalue weighted by Gasteiger charge is 2.56. The second kappa shape index (κ2) is 7.94. The van der Waals surface area contributed by atoms with Crippen LogP contribution in [-0.2, 0) is 15.1 Å². The molecule has 5 rings (SSSR count). The van der Waals surface area contributed by atoms with E-state index in [2.05, 4.69) is 31.0 Å². The largest absolute Gasteiger partial charge is 0.496 e. The van der Waals surface area contributed by atoms with Gasteiger partial charge in [0, 0.05) is 35.5 Å². The van der Waals surface area contributed by atoms with Gasteiger partial charge in [-0.05, 0) is 37.0 Å². The van der Waals surface area contributed by atoms with Crippen LogP contribution in [-0.4, -0.2) is 53.3 Å². The minimum absolute atomic E-state index is 0.00553. The lowest BCUT2D eigenvalue weighted by Crippen LogP contribution is -2.67. The fraction of sp³-hybridized carbons (Fsp3) is 0.407. The molecule has 3 aromatic rings. The summed E-state index contributed by atoms with van der Waals surface area (Å²) >= 11 is 0. The Labute approximate surface area is 194 Å². The van der Waals surface area contributed by atoms with Gasteiger partial charge in [0.1, 0.15) is 5.75 Å². The Morgan fingerprint density at radius 1 is 1.12 bits per heavy atom. The first kappa shape index (κ1) is 21.6. The van der Waals surface area contributed by atoms with Gasteiger partial charge in [0.25, 0.3) is 5.91 Å². The lowest BCUT2D eigenvalue weighted by molar-refractivity contribution is -0.166. The Kier molecular flexibility index (Phi) is 5.19. The van der Waals surface area contributed by atoms with Gasteiger partial charge in [-0.15, -0.1) is 0 Å². The smallest absolute Gasteiger partial charge is 0.254 e. The van der Waals surface area contributed by atoms with E-state index in [-0.39, 0.29) is 24.3 Å². The van der Waals surface area contributed by atoms with E-state index < -0.39 is 5.54 Å². The third-order valence-electron chi connectivity index (χ3n) is 7.31. The maximum absolute atomic E-state index is 13.9. The van der Waals surface area contributed by atoms with Crippen LogP contribution in [0.1, 0.15) is 49.9 Å². The van der Waals surface area contributed by atoms with Crippen molar-refractivity contribution in [3.05, 3.63) is 65.4 Å². The molecule has 1 aromatic heterocycles. The summed E-state index contributed by atoms with van der Waals surface area (Å²) in [7, 11) is 1.67. The second-order valence-corrected chi connectivity index (χ2v) is 9.74. The van der Waals surface area contributed by atoms with Crippen LogP contribution in [0.3, 0.4) is 0 Å². The molecule has 1 saturated heterocycles. The van der Waals surface area contributed by atoms with Crippen LogP contribution in [0.5, 0.6) is 5.75 Å². The van der Waals surface area contributed by atoms with Crippen molar-refractivity contribution in [3.8, 4) is 5.75 Å². The van der Waals surface area contributed by atoms with Crippen LogP contribution >= 0.6 is 0 Å². The molecule has 0 saturated carbocycles. The molecule has 0 aliphatic carbocycles. The summed E-state index contributed by atoms with van der Waals surface area (Å²) in [6.45, 7) is 7.35. The van der Waals surface area contributed by atoms with Gasteiger partial charge in [0.05, 0.1) is 19.3 Å². The van der Waals surface area contributed by atoms with Crippen molar-refractivity contribution in [3.63, 3.8) is 0 Å². The molecule has 33 heavy (non-hydrogen) atoms. The maximum atomic E-state index is 13.9. The molecule has 2 aliphatic rings. The van der Waals surface area contributed by atoms with Gasteiger partial charge in [-0.2, -0.15) is 0 Å². The molecule has 0 unspecified atom stereocenters. The summed E-state index contributed by atoms with van der Waals surface area (Å²) in [4.78, 5) is 34.5. The normalized spacial score (nSPS) is 22.6. The molecule has 6 heteroatoms. The molecular weight excluding hydrogens is 414 g/mol. The Hall–Kier alpha value is -3.28. The molecule has 0 bridgehead atoms. The highest BCUT2D eigenvalue weighted by Crippen LogP contribution is 2.49. The number of aromatic nitrogens is 1. The van der Waals surface area contributed by atoms with E-state index >= 15 is 0 Å². The summed E-state index contributed by atoms with van der Waals surface area (Å²) in [5, 5.41) is 1.09. The number of hydrogen-bond acceptors (Lipinski definition) is 3. The standard InChI is InChI=1S/C27H31N3O3/c1-17(2)13-14-29-16-23(31)30-15-20(18-9-6-8-12-22(18)33-4)24-19-10-5-7-11-21(19)28-25(24)27(30,3)26(29)32/h5-12,17,20,28H,13-16H2,1-4H3/t20-,27+/m1/s1.